The zero-order valence-electron chi connectivity index (χ0n) is 12.5. The summed E-state index contributed by atoms with van der Waals surface area (Å²) in [5.41, 5.74) is 2.09. The van der Waals surface area contributed by atoms with Gasteiger partial charge in [0.05, 0.1) is 18.1 Å². The molecule has 2 aromatic carbocycles. The number of anilines is 1. The van der Waals surface area contributed by atoms with Crippen molar-refractivity contribution in [2.24, 2.45) is 0 Å². The van der Waals surface area contributed by atoms with Crippen LogP contribution in [0.15, 0.2) is 42.5 Å². The average molecular weight is 309 g/mol. The first-order chi connectivity index (χ1) is 11.1. The summed E-state index contributed by atoms with van der Waals surface area (Å²) in [7, 11) is 1.61. The Balaban J connectivity index is 1.78. The Hall–Kier alpha value is -2.82. The van der Waals surface area contributed by atoms with E-state index in [0.717, 1.165) is 16.9 Å². The SMILES string of the molecule is COc1cccc([C@@H]2C[C@@]23C(=O)Nc2ccc(C(=O)O)cc23)c1. The average Bonchev–Trinajstić information content (AvgIpc) is 3.25. The number of carbonyl (C=O) groups is 2. The van der Waals surface area contributed by atoms with Crippen LogP contribution < -0.4 is 10.1 Å². The normalized spacial score (nSPS) is 24.2. The van der Waals surface area contributed by atoms with E-state index >= 15 is 0 Å². The molecule has 1 spiro atoms. The second-order valence-electron chi connectivity index (χ2n) is 6.02. The monoisotopic (exact) mass is 309 g/mol. The van der Waals surface area contributed by atoms with Gasteiger partial charge >= 0.3 is 5.97 Å². The van der Waals surface area contributed by atoms with Gasteiger partial charge in [-0.15, -0.1) is 0 Å². The zero-order chi connectivity index (χ0) is 16.2. The molecule has 1 aliphatic heterocycles. The van der Waals surface area contributed by atoms with E-state index in [9.17, 15) is 14.7 Å². The molecule has 5 heteroatoms. The quantitative estimate of drug-likeness (QED) is 0.914. The highest BCUT2D eigenvalue weighted by atomic mass is 16.5. The van der Waals surface area contributed by atoms with Crippen LogP contribution in [0.4, 0.5) is 5.69 Å². The Morgan fingerprint density at radius 2 is 2.13 bits per heavy atom. The summed E-state index contributed by atoms with van der Waals surface area (Å²) in [5.74, 6) is -0.242. The number of carbonyl (C=O) groups excluding carboxylic acids is 1. The predicted molar refractivity (Wildman–Crippen MR) is 84.1 cm³/mol. The van der Waals surface area contributed by atoms with Crippen LogP contribution in [-0.2, 0) is 10.2 Å². The third-order valence-corrected chi connectivity index (χ3v) is 4.86. The van der Waals surface area contributed by atoms with Crippen molar-refractivity contribution in [3.8, 4) is 5.75 Å². The Kier molecular flexibility index (Phi) is 2.75. The first kappa shape index (κ1) is 13.8. The molecular formula is C18H15NO4. The Bertz CT molecular complexity index is 845. The third kappa shape index (κ3) is 1.86. The Morgan fingerprint density at radius 3 is 2.87 bits per heavy atom. The molecule has 1 saturated carbocycles. The lowest BCUT2D eigenvalue weighted by atomic mass is 9.91. The number of fused-ring (bicyclic) bond motifs is 2. The lowest BCUT2D eigenvalue weighted by Gasteiger charge is -2.10. The van der Waals surface area contributed by atoms with E-state index in [0.29, 0.717) is 12.1 Å². The van der Waals surface area contributed by atoms with Crippen molar-refractivity contribution in [2.45, 2.75) is 17.8 Å². The Labute approximate surface area is 132 Å². The molecule has 0 bridgehead atoms. The Morgan fingerprint density at radius 1 is 1.30 bits per heavy atom. The minimum Gasteiger partial charge on any atom is -0.497 e. The molecule has 0 unspecified atom stereocenters. The molecule has 1 fully saturated rings. The largest absolute Gasteiger partial charge is 0.497 e. The number of carboxylic acid groups (broad SMARTS) is 1. The number of nitrogens with one attached hydrogen (secondary N) is 1. The maximum Gasteiger partial charge on any atom is 0.335 e. The fourth-order valence-electron chi connectivity index (χ4n) is 3.58. The highest BCUT2D eigenvalue weighted by Crippen LogP contribution is 2.65. The van der Waals surface area contributed by atoms with E-state index in [1.165, 1.54) is 6.07 Å². The van der Waals surface area contributed by atoms with E-state index in [-0.39, 0.29) is 17.4 Å². The molecule has 2 aromatic rings. The fourth-order valence-corrected chi connectivity index (χ4v) is 3.58. The number of rotatable bonds is 3. The van der Waals surface area contributed by atoms with Gasteiger partial charge in [0, 0.05) is 11.6 Å². The van der Waals surface area contributed by atoms with Crippen LogP contribution in [0, 0.1) is 0 Å². The summed E-state index contributed by atoms with van der Waals surface area (Å²) >= 11 is 0. The highest BCUT2D eigenvalue weighted by molar-refractivity contribution is 6.10. The predicted octanol–water partition coefficient (Wildman–Crippen LogP) is 2.77. The maximum absolute atomic E-state index is 12.5. The van der Waals surface area contributed by atoms with E-state index in [2.05, 4.69) is 5.32 Å². The first-order valence-corrected chi connectivity index (χ1v) is 7.39. The first-order valence-electron chi connectivity index (χ1n) is 7.39. The molecule has 4 rings (SSSR count). The minimum atomic E-state index is -0.985. The maximum atomic E-state index is 12.5. The summed E-state index contributed by atoms with van der Waals surface area (Å²) in [6.07, 6.45) is 0.683. The molecule has 0 aromatic heterocycles. The molecule has 1 aliphatic carbocycles. The van der Waals surface area contributed by atoms with Gasteiger partial charge in [-0.2, -0.15) is 0 Å². The molecule has 23 heavy (non-hydrogen) atoms. The number of methoxy groups -OCH3 is 1. The number of aromatic carboxylic acids is 1. The van der Waals surface area contributed by atoms with Crippen molar-refractivity contribution in [3.63, 3.8) is 0 Å². The van der Waals surface area contributed by atoms with Crippen molar-refractivity contribution < 1.29 is 19.4 Å². The van der Waals surface area contributed by atoms with Crippen LogP contribution in [0.2, 0.25) is 0 Å². The van der Waals surface area contributed by atoms with Gasteiger partial charge < -0.3 is 15.2 Å². The molecule has 1 amide bonds. The number of hydrogen-bond acceptors (Lipinski definition) is 3. The van der Waals surface area contributed by atoms with Crippen LogP contribution >= 0.6 is 0 Å². The van der Waals surface area contributed by atoms with E-state index in [1.54, 1.807) is 19.2 Å². The van der Waals surface area contributed by atoms with Gasteiger partial charge in [-0.3, -0.25) is 4.79 Å². The lowest BCUT2D eigenvalue weighted by Crippen LogP contribution is -2.21. The van der Waals surface area contributed by atoms with Crippen molar-refractivity contribution in [1.29, 1.82) is 0 Å². The fraction of sp³-hybridized carbons (Fsp3) is 0.222. The van der Waals surface area contributed by atoms with Crippen molar-refractivity contribution in [2.75, 3.05) is 12.4 Å². The topological polar surface area (TPSA) is 75.6 Å². The summed E-state index contributed by atoms with van der Waals surface area (Å²) in [6.45, 7) is 0. The van der Waals surface area contributed by atoms with Crippen LogP contribution in [0.25, 0.3) is 0 Å². The second kappa shape index (κ2) is 4.59. The summed E-state index contributed by atoms with van der Waals surface area (Å²) in [4.78, 5) is 23.8. The zero-order valence-corrected chi connectivity index (χ0v) is 12.5. The highest BCUT2D eigenvalue weighted by Gasteiger charge is 2.65. The molecular weight excluding hydrogens is 294 g/mol. The van der Waals surface area contributed by atoms with Crippen molar-refractivity contribution >= 4 is 17.6 Å². The molecule has 2 atom stereocenters. The summed E-state index contributed by atoms with van der Waals surface area (Å²) in [6, 6.07) is 12.5. The van der Waals surface area contributed by atoms with E-state index in [1.807, 2.05) is 24.3 Å². The number of hydrogen-bond donors (Lipinski definition) is 2. The van der Waals surface area contributed by atoms with Crippen LogP contribution in [0.1, 0.15) is 33.8 Å². The van der Waals surface area contributed by atoms with Crippen LogP contribution in [0.3, 0.4) is 0 Å². The minimum absolute atomic E-state index is 0.0443. The van der Waals surface area contributed by atoms with Gasteiger partial charge in [0.25, 0.3) is 0 Å². The molecule has 0 radical (unpaired) electrons. The molecule has 1 heterocycles. The van der Waals surface area contributed by atoms with Gasteiger partial charge in [-0.1, -0.05) is 12.1 Å². The smallest absolute Gasteiger partial charge is 0.335 e. The second-order valence-corrected chi connectivity index (χ2v) is 6.02. The molecule has 5 nitrogen and oxygen atoms in total. The molecule has 2 aliphatic rings. The number of carboxylic acids is 1. The number of benzene rings is 2. The van der Waals surface area contributed by atoms with Crippen molar-refractivity contribution in [3.05, 3.63) is 59.2 Å². The van der Waals surface area contributed by atoms with Crippen LogP contribution in [0.5, 0.6) is 5.75 Å². The van der Waals surface area contributed by atoms with Crippen LogP contribution in [-0.4, -0.2) is 24.1 Å². The van der Waals surface area contributed by atoms with Gasteiger partial charge in [-0.05, 0) is 47.9 Å². The van der Waals surface area contributed by atoms with Gasteiger partial charge in [0.1, 0.15) is 5.75 Å². The summed E-state index contributed by atoms with van der Waals surface area (Å²) < 4.78 is 5.25. The molecule has 116 valence electrons. The van der Waals surface area contributed by atoms with E-state index < -0.39 is 11.4 Å². The lowest BCUT2D eigenvalue weighted by molar-refractivity contribution is -0.118. The summed E-state index contributed by atoms with van der Waals surface area (Å²) in [5, 5.41) is 12.1. The van der Waals surface area contributed by atoms with Gasteiger partial charge in [-0.25, -0.2) is 4.79 Å². The number of amides is 1. The van der Waals surface area contributed by atoms with E-state index in [4.69, 9.17) is 4.74 Å². The van der Waals surface area contributed by atoms with Crippen molar-refractivity contribution in [1.82, 2.24) is 0 Å². The molecule has 2 N–H and O–H groups in total. The third-order valence-electron chi connectivity index (χ3n) is 4.86. The van der Waals surface area contributed by atoms with Gasteiger partial charge in [0.2, 0.25) is 5.91 Å². The standard InChI is InChI=1S/C18H15NO4/c1-23-12-4-2-3-10(7-12)14-9-18(14)13-8-11(16(20)21)5-6-15(13)19-17(18)22/h2-8,14H,9H2,1H3,(H,19,22)(H,20,21)/t14-,18-/m0/s1. The number of ether oxygens (including phenoxy) is 1. The molecule has 0 saturated heterocycles. The van der Waals surface area contributed by atoms with Gasteiger partial charge in [0.15, 0.2) is 0 Å².